The van der Waals surface area contributed by atoms with Gasteiger partial charge in [0, 0.05) is 50.8 Å². The third kappa shape index (κ3) is 3.19. The second-order valence-electron chi connectivity index (χ2n) is 7.28. The molecule has 2 aliphatic carbocycles. The normalized spacial score (nSPS) is 24.4. The van der Waals surface area contributed by atoms with Gasteiger partial charge in [0.25, 0.3) is 0 Å². The van der Waals surface area contributed by atoms with Crippen molar-refractivity contribution in [3.8, 4) is 0 Å². The lowest BCUT2D eigenvalue weighted by Gasteiger charge is -2.31. The molecular weight excluding hydrogens is 278 g/mol. The van der Waals surface area contributed by atoms with Crippen molar-refractivity contribution >= 4 is 5.91 Å². The fourth-order valence-corrected chi connectivity index (χ4v) is 3.26. The summed E-state index contributed by atoms with van der Waals surface area (Å²) in [6.07, 6.45) is 7.43. The summed E-state index contributed by atoms with van der Waals surface area (Å²) in [5.74, 6) is 1.97. The number of aromatic nitrogens is 2. The smallest absolute Gasteiger partial charge is 0.219 e. The van der Waals surface area contributed by atoms with E-state index in [9.17, 15) is 4.79 Å². The average Bonchev–Trinajstić information content (AvgIpc) is 3.38. The Hall–Kier alpha value is -1.36. The molecule has 2 saturated carbocycles. The van der Waals surface area contributed by atoms with E-state index in [1.54, 1.807) is 6.92 Å². The van der Waals surface area contributed by atoms with Gasteiger partial charge in [-0.1, -0.05) is 0 Å². The number of hydrogen-bond donors (Lipinski definition) is 0. The van der Waals surface area contributed by atoms with E-state index in [0.29, 0.717) is 13.2 Å². The minimum Gasteiger partial charge on any atom is -0.380 e. The van der Waals surface area contributed by atoms with Gasteiger partial charge >= 0.3 is 0 Å². The van der Waals surface area contributed by atoms with E-state index in [1.807, 2.05) is 4.90 Å². The molecule has 0 radical (unpaired) electrons. The summed E-state index contributed by atoms with van der Waals surface area (Å²) < 4.78 is 7.99. The number of fused-ring (bicyclic) bond motifs is 1. The zero-order chi connectivity index (χ0) is 15.1. The van der Waals surface area contributed by atoms with Gasteiger partial charge in [0.05, 0.1) is 12.3 Å². The minimum absolute atomic E-state index is 0.146. The van der Waals surface area contributed by atoms with Gasteiger partial charge in [0.1, 0.15) is 0 Å². The standard InChI is InChI=1S/C17H25N3O2/c1-12(21)19-7-15-9-20(6-13-2-3-13)18-17(15)16(8-19)11-22-10-14-4-5-14/h9,13-14,16H,2-8,10-11H2,1H3. The Morgan fingerprint density at radius 1 is 1.27 bits per heavy atom. The van der Waals surface area contributed by atoms with Crippen LogP contribution in [0.15, 0.2) is 6.20 Å². The van der Waals surface area contributed by atoms with Crippen LogP contribution in [-0.2, 0) is 22.6 Å². The first kappa shape index (κ1) is 14.2. The number of rotatable bonds is 6. The molecule has 0 spiro atoms. The van der Waals surface area contributed by atoms with Crippen LogP contribution in [0.2, 0.25) is 0 Å². The molecule has 2 fully saturated rings. The molecule has 22 heavy (non-hydrogen) atoms. The maximum atomic E-state index is 11.8. The number of carbonyl (C=O) groups is 1. The molecule has 1 amide bonds. The quantitative estimate of drug-likeness (QED) is 0.809. The summed E-state index contributed by atoms with van der Waals surface area (Å²) in [4.78, 5) is 13.7. The first-order chi connectivity index (χ1) is 10.7. The van der Waals surface area contributed by atoms with Gasteiger partial charge < -0.3 is 9.64 Å². The molecule has 1 aromatic rings. The number of carbonyl (C=O) groups excluding carboxylic acids is 1. The predicted octanol–water partition coefficient (Wildman–Crippen LogP) is 2.17. The lowest BCUT2D eigenvalue weighted by Crippen LogP contribution is -2.38. The zero-order valence-corrected chi connectivity index (χ0v) is 13.3. The molecule has 0 N–H and O–H groups in total. The van der Waals surface area contributed by atoms with Crippen LogP contribution >= 0.6 is 0 Å². The fraction of sp³-hybridized carbons (Fsp3) is 0.765. The number of ether oxygens (including phenoxy) is 1. The second-order valence-corrected chi connectivity index (χ2v) is 7.28. The van der Waals surface area contributed by atoms with Crippen LogP contribution in [0.3, 0.4) is 0 Å². The summed E-state index contributed by atoms with van der Waals surface area (Å²) in [6.45, 7) is 5.69. The highest BCUT2D eigenvalue weighted by atomic mass is 16.5. The molecule has 120 valence electrons. The molecular formula is C17H25N3O2. The van der Waals surface area contributed by atoms with Crippen molar-refractivity contribution in [2.24, 2.45) is 11.8 Å². The molecule has 0 aromatic carbocycles. The van der Waals surface area contributed by atoms with E-state index >= 15 is 0 Å². The maximum Gasteiger partial charge on any atom is 0.219 e. The lowest BCUT2D eigenvalue weighted by atomic mass is 9.97. The van der Waals surface area contributed by atoms with Gasteiger partial charge in [0.15, 0.2) is 0 Å². The van der Waals surface area contributed by atoms with Crippen molar-refractivity contribution in [3.63, 3.8) is 0 Å². The van der Waals surface area contributed by atoms with Crippen LogP contribution in [0.5, 0.6) is 0 Å². The SMILES string of the molecule is CC(=O)N1Cc2cn(CC3CC3)nc2C(COCC2CC2)C1. The van der Waals surface area contributed by atoms with E-state index in [1.165, 1.54) is 31.2 Å². The number of nitrogens with zero attached hydrogens (tertiary/aromatic N) is 3. The molecule has 3 aliphatic rings. The highest BCUT2D eigenvalue weighted by Crippen LogP contribution is 2.33. The number of hydrogen-bond acceptors (Lipinski definition) is 3. The van der Waals surface area contributed by atoms with Crippen molar-refractivity contribution in [2.75, 3.05) is 19.8 Å². The molecule has 5 nitrogen and oxygen atoms in total. The largest absolute Gasteiger partial charge is 0.380 e. The predicted molar refractivity (Wildman–Crippen MR) is 82.3 cm³/mol. The fourth-order valence-electron chi connectivity index (χ4n) is 3.26. The Kier molecular flexibility index (Phi) is 3.68. The van der Waals surface area contributed by atoms with E-state index in [2.05, 4.69) is 10.9 Å². The first-order valence-electron chi connectivity index (χ1n) is 8.58. The molecule has 5 heteroatoms. The Morgan fingerprint density at radius 3 is 2.73 bits per heavy atom. The van der Waals surface area contributed by atoms with Gasteiger partial charge in [-0.15, -0.1) is 0 Å². The van der Waals surface area contributed by atoms with E-state index in [-0.39, 0.29) is 11.8 Å². The Morgan fingerprint density at radius 2 is 2.05 bits per heavy atom. The molecule has 1 aliphatic heterocycles. The molecule has 2 heterocycles. The Balaban J connectivity index is 1.48. The summed E-state index contributed by atoms with van der Waals surface area (Å²) in [5, 5.41) is 4.82. The van der Waals surface area contributed by atoms with Gasteiger partial charge in [-0.25, -0.2) is 0 Å². The summed E-state index contributed by atoms with van der Waals surface area (Å²) in [7, 11) is 0. The molecule has 0 saturated heterocycles. The van der Waals surface area contributed by atoms with Gasteiger partial charge in [-0.3, -0.25) is 9.48 Å². The lowest BCUT2D eigenvalue weighted by molar-refractivity contribution is -0.130. The van der Waals surface area contributed by atoms with Crippen molar-refractivity contribution in [2.45, 2.75) is 51.6 Å². The molecule has 4 rings (SSSR count). The maximum absolute atomic E-state index is 11.8. The monoisotopic (exact) mass is 303 g/mol. The van der Waals surface area contributed by atoms with Crippen LogP contribution in [-0.4, -0.2) is 40.3 Å². The van der Waals surface area contributed by atoms with Crippen LogP contribution in [0.4, 0.5) is 0 Å². The van der Waals surface area contributed by atoms with Gasteiger partial charge in [-0.2, -0.15) is 5.10 Å². The Bertz CT molecular complexity index is 560. The van der Waals surface area contributed by atoms with Crippen molar-refractivity contribution in [1.82, 2.24) is 14.7 Å². The third-order valence-electron chi connectivity index (χ3n) is 5.02. The molecule has 1 aromatic heterocycles. The highest BCUT2D eigenvalue weighted by molar-refractivity contribution is 5.73. The van der Waals surface area contributed by atoms with Crippen molar-refractivity contribution < 1.29 is 9.53 Å². The van der Waals surface area contributed by atoms with Gasteiger partial charge in [0.2, 0.25) is 5.91 Å². The van der Waals surface area contributed by atoms with Gasteiger partial charge in [-0.05, 0) is 37.5 Å². The minimum atomic E-state index is 0.146. The van der Waals surface area contributed by atoms with E-state index in [4.69, 9.17) is 9.84 Å². The highest BCUT2D eigenvalue weighted by Gasteiger charge is 2.31. The first-order valence-corrected chi connectivity index (χ1v) is 8.58. The number of amides is 1. The molecule has 0 bridgehead atoms. The van der Waals surface area contributed by atoms with Crippen LogP contribution in [0.25, 0.3) is 0 Å². The molecule has 1 atom stereocenters. The second kappa shape index (κ2) is 5.69. The third-order valence-corrected chi connectivity index (χ3v) is 5.02. The molecule has 1 unspecified atom stereocenters. The average molecular weight is 303 g/mol. The Labute approximate surface area is 131 Å². The van der Waals surface area contributed by atoms with Crippen LogP contribution < -0.4 is 0 Å². The van der Waals surface area contributed by atoms with Crippen LogP contribution in [0.1, 0.15) is 49.8 Å². The van der Waals surface area contributed by atoms with E-state index < -0.39 is 0 Å². The van der Waals surface area contributed by atoms with Crippen molar-refractivity contribution in [1.29, 1.82) is 0 Å². The topological polar surface area (TPSA) is 47.4 Å². The van der Waals surface area contributed by atoms with Crippen molar-refractivity contribution in [3.05, 3.63) is 17.5 Å². The summed E-state index contributed by atoms with van der Waals surface area (Å²) in [5.41, 5.74) is 2.37. The summed E-state index contributed by atoms with van der Waals surface area (Å²) in [6, 6.07) is 0. The summed E-state index contributed by atoms with van der Waals surface area (Å²) >= 11 is 0. The van der Waals surface area contributed by atoms with Crippen LogP contribution in [0, 0.1) is 11.8 Å². The van der Waals surface area contributed by atoms with E-state index in [0.717, 1.165) is 37.2 Å². The zero-order valence-electron chi connectivity index (χ0n) is 13.3.